The lowest BCUT2D eigenvalue weighted by atomic mass is 10.1. The molecule has 0 radical (unpaired) electrons. The third-order valence-electron chi connectivity index (χ3n) is 3.72. The molecule has 0 spiro atoms. The highest BCUT2D eigenvalue weighted by Gasteiger charge is 2.18. The zero-order valence-electron chi connectivity index (χ0n) is 11.3. The number of benzene rings is 1. The first-order valence-electron chi connectivity index (χ1n) is 6.51. The predicted octanol–water partition coefficient (Wildman–Crippen LogP) is 0.858. The molecule has 0 aliphatic carbocycles. The van der Waals surface area contributed by atoms with Gasteiger partial charge in [-0.15, -0.1) is 0 Å². The van der Waals surface area contributed by atoms with Gasteiger partial charge in [0.15, 0.2) is 0 Å². The Morgan fingerprint density at radius 3 is 2.56 bits per heavy atom. The Hall–Kier alpha value is -1.10. The summed E-state index contributed by atoms with van der Waals surface area (Å²) in [5.41, 5.74) is 8.61. The zero-order chi connectivity index (χ0) is 13.1. The van der Waals surface area contributed by atoms with E-state index in [0.29, 0.717) is 6.54 Å². The van der Waals surface area contributed by atoms with Crippen LogP contribution in [0.4, 0.5) is 5.69 Å². The Balaban J connectivity index is 1.94. The Bertz CT molecular complexity index is 400. The molecule has 1 atom stereocenters. The van der Waals surface area contributed by atoms with Crippen molar-refractivity contribution in [1.29, 1.82) is 0 Å². The zero-order valence-corrected chi connectivity index (χ0v) is 11.3. The number of likely N-dealkylation sites (N-methyl/N-ethyl adjacent to an activating group) is 1. The molecular weight excluding hydrogens is 226 g/mol. The van der Waals surface area contributed by atoms with Gasteiger partial charge in [-0.1, -0.05) is 12.1 Å². The summed E-state index contributed by atoms with van der Waals surface area (Å²) >= 11 is 0. The number of piperazine rings is 1. The van der Waals surface area contributed by atoms with Gasteiger partial charge < -0.3 is 15.7 Å². The summed E-state index contributed by atoms with van der Waals surface area (Å²) < 4.78 is 0. The number of hydrogen-bond acceptors (Lipinski definition) is 4. The molecule has 1 aromatic carbocycles. The molecule has 2 rings (SSSR count). The third kappa shape index (κ3) is 3.22. The average molecular weight is 249 g/mol. The van der Waals surface area contributed by atoms with Crippen LogP contribution in [0, 0.1) is 6.92 Å². The molecule has 1 aliphatic rings. The van der Waals surface area contributed by atoms with Crippen LogP contribution in [-0.4, -0.2) is 54.7 Å². The van der Waals surface area contributed by atoms with Crippen LogP contribution in [0.1, 0.15) is 17.2 Å². The summed E-state index contributed by atoms with van der Waals surface area (Å²) in [5, 5.41) is 10.2. The minimum Gasteiger partial charge on any atom is -0.399 e. The number of β-amino-alcohol motifs (C(OH)–C–C–N with tert-alkyl or cyclic N) is 1. The normalized spacial score (nSPS) is 19.9. The van der Waals surface area contributed by atoms with Gasteiger partial charge in [0.05, 0.1) is 6.10 Å². The largest absolute Gasteiger partial charge is 0.399 e. The summed E-state index contributed by atoms with van der Waals surface area (Å²) in [7, 11) is 2.13. The summed E-state index contributed by atoms with van der Waals surface area (Å²) in [6, 6.07) is 5.82. The fraction of sp³-hybridized carbons (Fsp3) is 0.571. The number of nitrogens with two attached hydrogens (primary N) is 1. The first kappa shape index (κ1) is 13.3. The fourth-order valence-corrected chi connectivity index (χ4v) is 2.25. The molecule has 1 aliphatic heterocycles. The van der Waals surface area contributed by atoms with Gasteiger partial charge in [-0.3, -0.25) is 4.90 Å². The van der Waals surface area contributed by atoms with Crippen molar-refractivity contribution in [1.82, 2.24) is 9.80 Å². The number of anilines is 1. The number of aliphatic hydroxyl groups is 1. The van der Waals surface area contributed by atoms with Crippen LogP contribution in [0.15, 0.2) is 18.2 Å². The maximum atomic E-state index is 10.2. The molecule has 0 saturated carbocycles. The summed E-state index contributed by atoms with van der Waals surface area (Å²) in [6.07, 6.45) is -0.448. The van der Waals surface area contributed by atoms with Gasteiger partial charge in [-0.2, -0.15) is 0 Å². The average Bonchev–Trinajstić information content (AvgIpc) is 2.35. The van der Waals surface area contributed by atoms with Crippen LogP contribution >= 0.6 is 0 Å². The Morgan fingerprint density at radius 2 is 1.94 bits per heavy atom. The second-order valence-electron chi connectivity index (χ2n) is 5.24. The molecule has 1 heterocycles. The van der Waals surface area contributed by atoms with Crippen LogP contribution in [0.25, 0.3) is 0 Å². The predicted molar refractivity (Wildman–Crippen MR) is 74.5 cm³/mol. The van der Waals surface area contributed by atoms with Crippen LogP contribution in [0.2, 0.25) is 0 Å². The molecular formula is C14H23N3O. The summed E-state index contributed by atoms with van der Waals surface area (Å²) in [6.45, 7) is 6.86. The monoisotopic (exact) mass is 249 g/mol. The van der Waals surface area contributed by atoms with Crippen molar-refractivity contribution >= 4 is 5.69 Å². The van der Waals surface area contributed by atoms with E-state index >= 15 is 0 Å². The lowest BCUT2D eigenvalue weighted by molar-refractivity contribution is 0.0805. The van der Waals surface area contributed by atoms with Gasteiger partial charge in [0.2, 0.25) is 0 Å². The van der Waals surface area contributed by atoms with E-state index in [-0.39, 0.29) is 0 Å². The Morgan fingerprint density at radius 1 is 1.28 bits per heavy atom. The van der Waals surface area contributed by atoms with Crippen LogP contribution in [0.3, 0.4) is 0 Å². The van der Waals surface area contributed by atoms with Gasteiger partial charge in [0, 0.05) is 38.4 Å². The van der Waals surface area contributed by atoms with E-state index in [4.69, 9.17) is 5.73 Å². The van der Waals surface area contributed by atoms with Crippen LogP contribution in [-0.2, 0) is 0 Å². The number of nitrogen functional groups attached to an aromatic ring is 1. The quantitative estimate of drug-likeness (QED) is 0.780. The standard InChI is InChI=1S/C14H23N3O/c1-11-3-4-12(9-13(11)15)14(18)10-17-7-5-16(2)6-8-17/h3-4,9,14,18H,5-8,10,15H2,1-2H3. The molecule has 100 valence electrons. The molecule has 1 unspecified atom stereocenters. The smallest absolute Gasteiger partial charge is 0.0917 e. The first-order chi connectivity index (χ1) is 8.56. The number of aliphatic hydroxyl groups excluding tert-OH is 1. The van der Waals surface area contributed by atoms with Crippen molar-refractivity contribution in [3.63, 3.8) is 0 Å². The third-order valence-corrected chi connectivity index (χ3v) is 3.72. The van der Waals surface area contributed by atoms with Gasteiger partial charge >= 0.3 is 0 Å². The van der Waals surface area contributed by atoms with Crippen LogP contribution in [0.5, 0.6) is 0 Å². The molecule has 1 aromatic rings. The van der Waals surface area contributed by atoms with Gasteiger partial charge in [0.1, 0.15) is 0 Å². The Labute approximate surface area is 109 Å². The summed E-state index contributed by atoms with van der Waals surface area (Å²) in [5.74, 6) is 0. The molecule has 4 heteroatoms. The molecule has 0 bridgehead atoms. The van der Waals surface area contributed by atoms with Crippen molar-refractivity contribution in [2.45, 2.75) is 13.0 Å². The van der Waals surface area contributed by atoms with Crippen molar-refractivity contribution in [2.75, 3.05) is 45.5 Å². The number of hydrogen-bond donors (Lipinski definition) is 2. The van der Waals surface area contributed by atoms with Gasteiger partial charge in [-0.05, 0) is 31.2 Å². The first-order valence-corrected chi connectivity index (χ1v) is 6.51. The minimum atomic E-state index is -0.448. The number of rotatable bonds is 3. The molecule has 4 nitrogen and oxygen atoms in total. The lowest BCUT2D eigenvalue weighted by Gasteiger charge is -2.33. The van der Waals surface area contributed by atoms with Crippen molar-refractivity contribution in [3.05, 3.63) is 29.3 Å². The highest BCUT2D eigenvalue weighted by molar-refractivity contribution is 5.48. The minimum absolute atomic E-state index is 0.448. The second-order valence-corrected chi connectivity index (χ2v) is 5.24. The molecule has 3 N–H and O–H groups in total. The maximum absolute atomic E-state index is 10.2. The van der Waals surface area contributed by atoms with E-state index in [0.717, 1.165) is 43.0 Å². The lowest BCUT2D eigenvalue weighted by Crippen LogP contribution is -2.45. The fourth-order valence-electron chi connectivity index (χ4n) is 2.25. The van der Waals surface area contributed by atoms with Gasteiger partial charge in [-0.25, -0.2) is 0 Å². The number of aryl methyl sites for hydroxylation is 1. The molecule has 1 saturated heterocycles. The topological polar surface area (TPSA) is 52.7 Å². The number of nitrogens with zero attached hydrogens (tertiary/aromatic N) is 2. The van der Waals surface area contributed by atoms with Crippen molar-refractivity contribution in [2.24, 2.45) is 0 Å². The maximum Gasteiger partial charge on any atom is 0.0917 e. The van der Waals surface area contributed by atoms with E-state index in [9.17, 15) is 5.11 Å². The van der Waals surface area contributed by atoms with E-state index in [1.807, 2.05) is 25.1 Å². The highest BCUT2D eigenvalue weighted by atomic mass is 16.3. The molecule has 0 amide bonds. The van der Waals surface area contributed by atoms with E-state index in [1.165, 1.54) is 0 Å². The van der Waals surface area contributed by atoms with Crippen molar-refractivity contribution in [3.8, 4) is 0 Å². The summed E-state index contributed by atoms with van der Waals surface area (Å²) in [4.78, 5) is 4.62. The molecule has 18 heavy (non-hydrogen) atoms. The van der Waals surface area contributed by atoms with Crippen molar-refractivity contribution < 1.29 is 5.11 Å². The molecule has 1 fully saturated rings. The Kier molecular flexibility index (Phi) is 4.22. The molecule has 0 aromatic heterocycles. The van der Waals surface area contributed by atoms with E-state index < -0.39 is 6.10 Å². The second kappa shape index (κ2) is 5.69. The van der Waals surface area contributed by atoms with E-state index in [2.05, 4.69) is 16.8 Å². The highest BCUT2D eigenvalue weighted by Crippen LogP contribution is 2.20. The SMILES string of the molecule is Cc1ccc(C(O)CN2CCN(C)CC2)cc1N. The van der Waals surface area contributed by atoms with Crippen LogP contribution < -0.4 is 5.73 Å². The van der Waals surface area contributed by atoms with E-state index in [1.54, 1.807) is 0 Å². The van der Waals surface area contributed by atoms with Gasteiger partial charge in [0.25, 0.3) is 0 Å².